The van der Waals surface area contributed by atoms with Gasteiger partial charge >= 0.3 is 5.66 Å². The molecule has 18 heavy (non-hydrogen) atoms. The molecule has 0 bridgehead atoms. The summed E-state index contributed by atoms with van der Waals surface area (Å²) < 4.78 is -0.438. The summed E-state index contributed by atoms with van der Waals surface area (Å²) in [6.07, 6.45) is 1.59. The van der Waals surface area contributed by atoms with E-state index in [1.165, 1.54) is 0 Å². The molecule has 0 radical (unpaired) electrons. The molecule has 0 aliphatic carbocycles. The van der Waals surface area contributed by atoms with Crippen molar-refractivity contribution in [2.24, 2.45) is 34.2 Å². The van der Waals surface area contributed by atoms with E-state index < -0.39 is 20.8 Å². The van der Waals surface area contributed by atoms with Gasteiger partial charge in [0.05, 0.1) is 12.8 Å². The van der Waals surface area contributed by atoms with Crippen LogP contribution in [0.4, 0.5) is 0 Å². The molecule has 0 saturated heterocycles. The number of hydrogen-bond acceptors (Lipinski definition) is 6. The summed E-state index contributed by atoms with van der Waals surface area (Å²) in [5.41, 5.74) is 4.44. The van der Waals surface area contributed by atoms with Gasteiger partial charge in [0.1, 0.15) is 0 Å². The molecule has 2 atom stereocenters. The summed E-state index contributed by atoms with van der Waals surface area (Å²) in [6.45, 7) is 11.1. The maximum Gasteiger partial charge on any atom is 0.320 e. The normalized spacial score (nSPS) is 20.1. The molecule has 0 aromatic rings. The van der Waals surface area contributed by atoms with Gasteiger partial charge in [-0.1, -0.05) is 30.6 Å². The Bertz CT molecular complexity index is 291. The summed E-state index contributed by atoms with van der Waals surface area (Å²) in [6, 6.07) is 0. The molecule has 0 aromatic heterocycles. The fraction of sp³-hybridized carbons (Fsp3) is 0.900. The van der Waals surface area contributed by atoms with E-state index in [1.54, 1.807) is 6.92 Å². The fourth-order valence-electron chi connectivity index (χ4n) is 2.55. The van der Waals surface area contributed by atoms with Crippen molar-refractivity contribution in [1.82, 2.24) is 0 Å². The Morgan fingerprint density at radius 3 is 1.56 bits per heavy atom. The molecule has 0 aliphatic rings. The average molecular weight is 262 g/mol. The minimum atomic E-state index is -0.957. The van der Waals surface area contributed by atoms with Crippen molar-refractivity contribution in [3.63, 3.8) is 0 Å². The van der Waals surface area contributed by atoms with Crippen LogP contribution in [0.5, 0.6) is 0 Å². The molecule has 0 saturated carbocycles. The Morgan fingerprint density at radius 1 is 1.00 bits per heavy atom. The van der Waals surface area contributed by atoms with Crippen LogP contribution in [0, 0.1) is 0 Å². The summed E-state index contributed by atoms with van der Waals surface area (Å²) in [4.78, 5) is -0.803. The topological polar surface area (TPSA) is 142 Å². The molecule has 0 fully saturated rings. The lowest BCUT2D eigenvalue weighted by Crippen LogP contribution is -2.91. The lowest BCUT2D eigenvalue weighted by atomic mass is 9.96. The van der Waals surface area contributed by atoms with E-state index >= 15 is 0 Å². The lowest BCUT2D eigenvalue weighted by Gasteiger charge is -2.52. The third kappa shape index (κ3) is 2.16. The van der Waals surface area contributed by atoms with Crippen molar-refractivity contribution < 1.29 is 9.51 Å². The van der Waals surface area contributed by atoms with Gasteiger partial charge < -0.3 is 0 Å². The molecule has 8 nitrogen and oxygen atoms in total. The van der Waals surface area contributed by atoms with Gasteiger partial charge in [0, 0.05) is 20.1 Å². The van der Waals surface area contributed by atoms with Gasteiger partial charge in [0.25, 0.3) is 0 Å². The second kappa shape index (κ2) is 5.17. The SMILES string of the molecule is C=N[N+](N)(C(C)(N)CC)C(CC)(CC)[N+](N)(N)N. The predicted octanol–water partition coefficient (Wildman–Crippen LogP) is -0.668. The second-order valence-corrected chi connectivity index (χ2v) is 5.06. The number of rotatable bonds is 7. The Hall–Kier alpha value is -0.610. The van der Waals surface area contributed by atoms with Crippen molar-refractivity contribution in [2.45, 2.75) is 58.3 Å². The van der Waals surface area contributed by atoms with Crippen LogP contribution >= 0.6 is 0 Å². The molecule has 0 heterocycles. The molecule has 2 unspecified atom stereocenters. The van der Waals surface area contributed by atoms with Crippen LogP contribution in [-0.2, 0) is 0 Å². The van der Waals surface area contributed by atoms with Crippen molar-refractivity contribution in [2.75, 3.05) is 0 Å². The Balaban J connectivity index is 6.10. The highest BCUT2D eigenvalue weighted by molar-refractivity contribution is 5.21. The largest absolute Gasteiger partial charge is 0.320 e. The number of hydrogen-bond donors (Lipinski definition) is 5. The monoisotopic (exact) mass is 262 g/mol. The highest BCUT2D eigenvalue weighted by atomic mass is 16.0. The third-order valence-electron chi connectivity index (χ3n) is 4.21. The van der Waals surface area contributed by atoms with Gasteiger partial charge in [-0.25, -0.2) is 0 Å². The second-order valence-electron chi connectivity index (χ2n) is 5.06. The smallest absolute Gasteiger partial charge is 0.276 e. The van der Waals surface area contributed by atoms with Crippen molar-refractivity contribution in [3.8, 4) is 0 Å². The summed E-state index contributed by atoms with van der Waals surface area (Å²) in [7, 11) is 0. The third-order valence-corrected chi connectivity index (χ3v) is 4.21. The van der Waals surface area contributed by atoms with Crippen LogP contribution < -0.4 is 29.1 Å². The predicted molar refractivity (Wildman–Crippen MR) is 73.0 cm³/mol. The molecule has 8 heteroatoms. The fourth-order valence-corrected chi connectivity index (χ4v) is 2.55. The first-order chi connectivity index (χ1) is 7.99. The zero-order chi connectivity index (χ0) is 14.8. The van der Waals surface area contributed by atoms with Crippen molar-refractivity contribution in [1.29, 1.82) is 0 Å². The van der Waals surface area contributed by atoms with Crippen LogP contribution in [0.25, 0.3) is 0 Å². The van der Waals surface area contributed by atoms with Gasteiger partial charge in [0.2, 0.25) is 0 Å². The number of quaternary nitrogens is 2. The van der Waals surface area contributed by atoms with E-state index in [9.17, 15) is 0 Å². The Morgan fingerprint density at radius 2 is 1.39 bits per heavy atom. The van der Waals surface area contributed by atoms with Crippen LogP contribution in [-0.4, -0.2) is 27.6 Å². The zero-order valence-corrected chi connectivity index (χ0v) is 12.1. The van der Waals surface area contributed by atoms with E-state index in [0.717, 1.165) is 0 Å². The standard InChI is InChI=1S/C10H30N8/c1-6-9(4,11)17(12,16-5)10(7-2,8-3)18(13,14)15/h5-8,11-15H2,1-4H3/q+2. The van der Waals surface area contributed by atoms with Gasteiger partial charge in [0.15, 0.2) is 5.66 Å². The van der Waals surface area contributed by atoms with Crippen molar-refractivity contribution in [3.05, 3.63) is 0 Å². The first kappa shape index (κ1) is 17.4. The van der Waals surface area contributed by atoms with Crippen LogP contribution in [0.1, 0.15) is 47.0 Å². The van der Waals surface area contributed by atoms with E-state index in [1.807, 2.05) is 20.8 Å². The molecule has 0 amide bonds. The Labute approximate surface area is 109 Å². The van der Waals surface area contributed by atoms with E-state index in [-0.39, 0.29) is 0 Å². The molecule has 10 N–H and O–H groups in total. The van der Waals surface area contributed by atoms with Crippen LogP contribution in [0.2, 0.25) is 0 Å². The van der Waals surface area contributed by atoms with Crippen LogP contribution in [0.3, 0.4) is 0 Å². The summed E-state index contributed by atoms with van der Waals surface area (Å²) in [5, 5.41) is 4.03. The van der Waals surface area contributed by atoms with Gasteiger partial charge in [-0.3, -0.25) is 5.73 Å². The lowest BCUT2D eigenvalue weighted by molar-refractivity contribution is -1.21. The molecule has 0 spiro atoms. The summed E-state index contributed by atoms with van der Waals surface area (Å²) in [5.74, 6) is 24.1. The maximum atomic E-state index is 6.40. The van der Waals surface area contributed by atoms with E-state index in [4.69, 9.17) is 29.1 Å². The minimum absolute atomic E-state index is 0.438. The van der Waals surface area contributed by atoms with Crippen molar-refractivity contribution >= 4 is 6.72 Å². The molecule has 0 aliphatic heterocycles. The molecule has 108 valence electrons. The Kier molecular flexibility index (Phi) is 5.00. The van der Waals surface area contributed by atoms with Gasteiger partial charge in [-0.05, 0) is 4.81 Å². The highest BCUT2D eigenvalue weighted by Crippen LogP contribution is 2.38. The quantitative estimate of drug-likeness (QED) is 0.136. The first-order valence-electron chi connectivity index (χ1n) is 6.19. The van der Waals surface area contributed by atoms with Gasteiger partial charge in [-0.2, -0.15) is 0 Å². The van der Waals surface area contributed by atoms with Crippen LogP contribution in [0.15, 0.2) is 5.10 Å². The summed E-state index contributed by atoms with van der Waals surface area (Å²) >= 11 is 0. The highest BCUT2D eigenvalue weighted by Gasteiger charge is 2.67. The zero-order valence-electron chi connectivity index (χ0n) is 12.1. The number of nitrogens with zero attached hydrogens (tertiary/aromatic N) is 3. The first-order valence-corrected chi connectivity index (χ1v) is 6.19. The maximum absolute atomic E-state index is 6.40. The molecule has 0 aromatic carbocycles. The molecular weight excluding hydrogens is 232 g/mol. The van der Waals surface area contributed by atoms with E-state index in [2.05, 4.69) is 11.8 Å². The average Bonchev–Trinajstić information content (AvgIpc) is 2.28. The molecular formula is C10H30N8+2. The van der Waals surface area contributed by atoms with Gasteiger partial charge in [-0.15, -0.1) is 23.4 Å². The number of nitrogens with two attached hydrogens (primary N) is 5. The molecule has 0 rings (SSSR count). The van der Waals surface area contributed by atoms with E-state index in [0.29, 0.717) is 19.3 Å². The minimum Gasteiger partial charge on any atom is -0.276 e.